The number of alkyl halides is 3. The van der Waals surface area contributed by atoms with E-state index in [1.165, 1.54) is 24.3 Å². The van der Waals surface area contributed by atoms with E-state index in [1.54, 1.807) is 0 Å². The van der Waals surface area contributed by atoms with Crippen LogP contribution in [0.2, 0.25) is 0 Å². The van der Waals surface area contributed by atoms with E-state index in [4.69, 9.17) is 4.42 Å². The van der Waals surface area contributed by atoms with Crippen LogP contribution in [0.4, 0.5) is 19.2 Å². The van der Waals surface area contributed by atoms with Crippen molar-refractivity contribution >= 4 is 23.7 Å². The fourth-order valence-electron chi connectivity index (χ4n) is 2.08. The van der Waals surface area contributed by atoms with Gasteiger partial charge in [-0.2, -0.15) is 13.2 Å². The summed E-state index contributed by atoms with van der Waals surface area (Å²) in [5, 5.41) is 10.1. The second-order valence-electron chi connectivity index (χ2n) is 5.10. The number of benzene rings is 1. The molecule has 9 heteroatoms. The summed E-state index contributed by atoms with van der Waals surface area (Å²) >= 11 is -0.232. The van der Waals surface area contributed by atoms with Gasteiger partial charge >= 0.3 is 11.5 Å². The summed E-state index contributed by atoms with van der Waals surface area (Å²) in [6.45, 7) is 0. The Bertz CT molecular complexity index is 696. The van der Waals surface area contributed by atoms with Gasteiger partial charge in [0.05, 0.1) is 0 Å². The number of aromatic nitrogens is 2. The SMILES string of the molecule is O=C(Nc1nnc(C2CCC2)o1)c1ccc(SC(F)(F)F)cc1. The maximum atomic E-state index is 12.2. The summed E-state index contributed by atoms with van der Waals surface area (Å²) in [5.41, 5.74) is -4.15. The van der Waals surface area contributed by atoms with Crippen LogP contribution in [0.25, 0.3) is 0 Å². The first-order valence-corrected chi connectivity index (χ1v) is 7.73. The number of nitrogens with zero attached hydrogens (tertiary/aromatic N) is 2. The number of amides is 1. The lowest BCUT2D eigenvalue weighted by Crippen LogP contribution is -2.12. The van der Waals surface area contributed by atoms with Crippen LogP contribution >= 0.6 is 11.8 Å². The number of hydrogen-bond donors (Lipinski definition) is 1. The van der Waals surface area contributed by atoms with Crippen molar-refractivity contribution in [3.05, 3.63) is 35.7 Å². The zero-order valence-corrected chi connectivity index (χ0v) is 12.6. The number of anilines is 1. The molecule has 0 radical (unpaired) electrons. The number of nitrogens with one attached hydrogen (secondary N) is 1. The fourth-order valence-corrected chi connectivity index (χ4v) is 2.62. The minimum Gasteiger partial charge on any atom is -0.408 e. The molecule has 1 aliphatic rings. The monoisotopic (exact) mass is 343 g/mol. The largest absolute Gasteiger partial charge is 0.446 e. The maximum Gasteiger partial charge on any atom is 0.446 e. The maximum absolute atomic E-state index is 12.2. The van der Waals surface area contributed by atoms with Crippen LogP contribution in [-0.4, -0.2) is 21.6 Å². The Kier molecular flexibility index (Phi) is 4.29. The minimum absolute atomic E-state index is 0.00866. The second-order valence-corrected chi connectivity index (χ2v) is 6.24. The van der Waals surface area contributed by atoms with E-state index >= 15 is 0 Å². The zero-order valence-electron chi connectivity index (χ0n) is 11.8. The highest BCUT2D eigenvalue weighted by atomic mass is 32.2. The van der Waals surface area contributed by atoms with E-state index in [1.807, 2.05) is 0 Å². The van der Waals surface area contributed by atoms with Gasteiger partial charge in [0.1, 0.15) is 0 Å². The molecule has 1 aromatic heterocycles. The first kappa shape index (κ1) is 15.9. The summed E-state index contributed by atoms with van der Waals surface area (Å²) in [4.78, 5) is 12.0. The molecule has 0 atom stereocenters. The van der Waals surface area contributed by atoms with Crippen LogP contribution in [0.5, 0.6) is 0 Å². The van der Waals surface area contributed by atoms with E-state index in [0.717, 1.165) is 19.3 Å². The van der Waals surface area contributed by atoms with Crippen LogP contribution in [0.15, 0.2) is 33.6 Å². The lowest BCUT2D eigenvalue weighted by atomic mass is 9.85. The van der Waals surface area contributed by atoms with Gasteiger partial charge in [0, 0.05) is 16.4 Å². The van der Waals surface area contributed by atoms with E-state index in [9.17, 15) is 18.0 Å². The standard InChI is InChI=1S/C14H12F3N3O2S/c15-14(16,17)23-10-6-4-8(5-7-10)11(21)18-13-20-19-12(22-13)9-2-1-3-9/h4-7,9H,1-3H2,(H,18,20,21). The van der Waals surface area contributed by atoms with Crippen molar-refractivity contribution in [1.82, 2.24) is 10.2 Å². The Morgan fingerprint density at radius 1 is 1.22 bits per heavy atom. The van der Waals surface area contributed by atoms with Crippen LogP contribution in [-0.2, 0) is 0 Å². The van der Waals surface area contributed by atoms with Gasteiger partial charge in [-0.3, -0.25) is 10.1 Å². The number of hydrogen-bond acceptors (Lipinski definition) is 5. The highest BCUT2D eigenvalue weighted by molar-refractivity contribution is 8.00. The second kappa shape index (κ2) is 6.23. The summed E-state index contributed by atoms with van der Waals surface area (Å²) in [7, 11) is 0. The molecule has 1 aliphatic carbocycles. The van der Waals surface area contributed by atoms with Crippen LogP contribution < -0.4 is 5.32 Å². The Morgan fingerprint density at radius 2 is 1.91 bits per heavy atom. The van der Waals surface area contributed by atoms with E-state index in [-0.39, 0.29) is 34.2 Å². The first-order chi connectivity index (χ1) is 10.9. The number of halogens is 3. The predicted octanol–water partition coefficient (Wildman–Crippen LogP) is 4.20. The molecular weight excluding hydrogens is 331 g/mol. The van der Waals surface area contributed by atoms with Gasteiger partial charge < -0.3 is 4.42 Å². The summed E-state index contributed by atoms with van der Waals surface area (Å²) in [5.74, 6) is 0.243. The molecule has 0 saturated heterocycles. The van der Waals surface area contributed by atoms with Gasteiger partial charge in [-0.25, -0.2) is 0 Å². The third kappa shape index (κ3) is 4.04. The van der Waals surface area contributed by atoms with Crippen molar-refractivity contribution in [1.29, 1.82) is 0 Å². The molecule has 3 rings (SSSR count). The molecule has 1 amide bonds. The summed E-state index contributed by atoms with van der Waals surface area (Å²) in [6, 6.07) is 5.09. The molecule has 0 aliphatic heterocycles. The first-order valence-electron chi connectivity index (χ1n) is 6.91. The molecule has 122 valence electrons. The third-order valence-corrected chi connectivity index (χ3v) is 4.20. The molecule has 2 aromatic rings. The normalized spacial score (nSPS) is 15.3. The molecule has 23 heavy (non-hydrogen) atoms. The highest BCUT2D eigenvalue weighted by Crippen LogP contribution is 2.37. The zero-order chi connectivity index (χ0) is 16.4. The van der Waals surface area contributed by atoms with Crippen molar-refractivity contribution in [3.63, 3.8) is 0 Å². The minimum atomic E-state index is -4.36. The molecule has 0 bridgehead atoms. The third-order valence-electron chi connectivity index (χ3n) is 3.47. The van der Waals surface area contributed by atoms with Gasteiger partial charge in [-0.1, -0.05) is 11.5 Å². The molecule has 0 unspecified atom stereocenters. The van der Waals surface area contributed by atoms with Crippen LogP contribution in [0, 0.1) is 0 Å². The average Bonchev–Trinajstić information content (AvgIpc) is 2.83. The van der Waals surface area contributed by atoms with Gasteiger partial charge in [0.15, 0.2) is 0 Å². The van der Waals surface area contributed by atoms with Crippen molar-refractivity contribution in [2.45, 2.75) is 35.6 Å². The van der Waals surface area contributed by atoms with Crippen molar-refractivity contribution in [3.8, 4) is 0 Å². The molecule has 0 spiro atoms. The topological polar surface area (TPSA) is 68.0 Å². The molecule has 1 heterocycles. The molecule has 1 N–H and O–H groups in total. The van der Waals surface area contributed by atoms with E-state index in [0.29, 0.717) is 5.89 Å². The molecule has 5 nitrogen and oxygen atoms in total. The average molecular weight is 343 g/mol. The van der Waals surface area contributed by atoms with E-state index in [2.05, 4.69) is 15.5 Å². The quantitative estimate of drug-likeness (QED) is 0.843. The van der Waals surface area contributed by atoms with Gasteiger partial charge in [-0.15, -0.1) is 5.10 Å². The van der Waals surface area contributed by atoms with E-state index < -0.39 is 11.4 Å². The summed E-state index contributed by atoms with van der Waals surface area (Å²) in [6.07, 6.45) is 3.11. The fraction of sp³-hybridized carbons (Fsp3) is 0.357. The number of rotatable bonds is 4. The Labute approximate surface area is 133 Å². The molecule has 1 saturated carbocycles. The molecule has 1 fully saturated rings. The van der Waals surface area contributed by atoms with Crippen LogP contribution in [0.3, 0.4) is 0 Å². The number of carbonyl (C=O) groups is 1. The van der Waals surface area contributed by atoms with Gasteiger partial charge in [0.2, 0.25) is 5.89 Å². The van der Waals surface area contributed by atoms with Crippen LogP contribution in [0.1, 0.15) is 41.4 Å². The number of thioether (sulfide) groups is 1. The Hall–Kier alpha value is -2.03. The Morgan fingerprint density at radius 3 is 2.48 bits per heavy atom. The van der Waals surface area contributed by atoms with Crippen molar-refractivity contribution in [2.24, 2.45) is 0 Å². The van der Waals surface area contributed by atoms with Gasteiger partial charge in [-0.05, 0) is 48.9 Å². The van der Waals surface area contributed by atoms with Crippen molar-refractivity contribution in [2.75, 3.05) is 5.32 Å². The number of carbonyl (C=O) groups excluding carboxylic acids is 1. The van der Waals surface area contributed by atoms with Crippen molar-refractivity contribution < 1.29 is 22.4 Å². The van der Waals surface area contributed by atoms with Gasteiger partial charge in [0.25, 0.3) is 5.91 Å². The molecular formula is C14H12F3N3O2S. The molecule has 1 aromatic carbocycles. The predicted molar refractivity (Wildman–Crippen MR) is 77.2 cm³/mol. The summed E-state index contributed by atoms with van der Waals surface area (Å²) < 4.78 is 42.1. The highest BCUT2D eigenvalue weighted by Gasteiger charge is 2.29. The Balaban J connectivity index is 1.62. The lowest BCUT2D eigenvalue weighted by molar-refractivity contribution is -0.0328. The lowest BCUT2D eigenvalue weighted by Gasteiger charge is -2.20. The smallest absolute Gasteiger partial charge is 0.408 e.